The van der Waals surface area contributed by atoms with E-state index < -0.39 is 0 Å². The second-order valence-electron chi connectivity index (χ2n) is 3.74. The van der Waals surface area contributed by atoms with Crippen LogP contribution in [0.1, 0.15) is 25.9 Å². The highest BCUT2D eigenvalue weighted by Gasteiger charge is 2.11. The van der Waals surface area contributed by atoms with Crippen LogP contribution in [0.2, 0.25) is 0 Å². The molecule has 5 heteroatoms. The lowest BCUT2D eigenvalue weighted by Gasteiger charge is -1.98. The molecule has 0 aliphatic heterocycles. The summed E-state index contributed by atoms with van der Waals surface area (Å²) in [6.45, 7) is 3.97. The van der Waals surface area contributed by atoms with Crippen LogP contribution in [-0.4, -0.2) is 15.8 Å². The van der Waals surface area contributed by atoms with Crippen molar-refractivity contribution in [1.82, 2.24) is 9.97 Å². The molecular weight excluding hydrogens is 300 g/mol. The van der Waals surface area contributed by atoms with Crippen LogP contribution < -0.4 is 0 Å². The highest BCUT2D eigenvalue weighted by atomic mass is 79.9. The Kier molecular flexibility index (Phi) is 3.69. The summed E-state index contributed by atoms with van der Waals surface area (Å²) in [4.78, 5) is 21.5. The molecule has 0 atom stereocenters. The summed E-state index contributed by atoms with van der Waals surface area (Å²) in [6.07, 6.45) is 3.59. The van der Waals surface area contributed by atoms with Crippen LogP contribution in [0.5, 0.6) is 0 Å². The van der Waals surface area contributed by atoms with E-state index in [1.54, 1.807) is 29.8 Å². The third-order valence-corrected chi connectivity index (χ3v) is 3.92. The van der Waals surface area contributed by atoms with Gasteiger partial charge in [-0.1, -0.05) is 0 Å². The maximum atomic E-state index is 12.0. The van der Waals surface area contributed by atoms with Crippen molar-refractivity contribution in [2.24, 2.45) is 0 Å². The van der Waals surface area contributed by atoms with Crippen molar-refractivity contribution >= 4 is 33.0 Å². The number of hydrogen-bond donors (Lipinski definition) is 0. The van der Waals surface area contributed by atoms with E-state index >= 15 is 0 Å². The van der Waals surface area contributed by atoms with E-state index in [9.17, 15) is 4.79 Å². The number of aryl methyl sites for hydroxylation is 2. The van der Waals surface area contributed by atoms with Crippen LogP contribution in [0.25, 0.3) is 0 Å². The number of carbonyl (C=O) groups is 1. The Hall–Kier alpha value is -1.07. The molecule has 0 bridgehead atoms. The van der Waals surface area contributed by atoms with Crippen LogP contribution in [0, 0.1) is 13.8 Å². The summed E-state index contributed by atoms with van der Waals surface area (Å²) in [7, 11) is 0. The van der Waals surface area contributed by atoms with Crippen molar-refractivity contribution in [3.8, 4) is 0 Å². The standard InChI is InChI=1S/C12H11BrN2OS/c1-7-8(2)17-12(15-7)4-11(16)9-3-10(13)6-14-5-9/h3,5-6H,4H2,1-2H3. The smallest absolute Gasteiger partial charge is 0.171 e. The minimum atomic E-state index is 0.0487. The van der Waals surface area contributed by atoms with Crippen molar-refractivity contribution in [2.75, 3.05) is 0 Å². The molecular formula is C12H11BrN2OS. The van der Waals surface area contributed by atoms with Gasteiger partial charge in [0.15, 0.2) is 5.78 Å². The largest absolute Gasteiger partial charge is 0.294 e. The van der Waals surface area contributed by atoms with Gasteiger partial charge in [-0.25, -0.2) is 4.98 Å². The van der Waals surface area contributed by atoms with Gasteiger partial charge in [0.25, 0.3) is 0 Å². The third kappa shape index (κ3) is 2.98. The quantitative estimate of drug-likeness (QED) is 0.817. The van der Waals surface area contributed by atoms with Crippen molar-refractivity contribution in [2.45, 2.75) is 20.3 Å². The van der Waals surface area contributed by atoms with E-state index in [1.165, 1.54) is 4.88 Å². The van der Waals surface area contributed by atoms with Gasteiger partial charge in [0.2, 0.25) is 0 Å². The lowest BCUT2D eigenvalue weighted by molar-refractivity contribution is 0.0992. The molecule has 0 aliphatic carbocycles. The summed E-state index contributed by atoms with van der Waals surface area (Å²) < 4.78 is 0.815. The van der Waals surface area contributed by atoms with Gasteiger partial charge < -0.3 is 0 Å². The Bertz CT molecular complexity index is 546. The minimum absolute atomic E-state index is 0.0487. The molecule has 2 rings (SSSR count). The Morgan fingerprint density at radius 1 is 1.41 bits per heavy atom. The fraction of sp³-hybridized carbons (Fsp3) is 0.250. The number of pyridine rings is 1. The molecule has 0 spiro atoms. The van der Waals surface area contributed by atoms with E-state index in [-0.39, 0.29) is 5.78 Å². The molecule has 88 valence electrons. The average molecular weight is 311 g/mol. The van der Waals surface area contributed by atoms with Gasteiger partial charge in [-0.2, -0.15) is 0 Å². The number of hydrogen-bond acceptors (Lipinski definition) is 4. The third-order valence-electron chi connectivity index (χ3n) is 2.41. The molecule has 2 heterocycles. The van der Waals surface area contributed by atoms with Gasteiger partial charge in [0, 0.05) is 27.3 Å². The SMILES string of the molecule is Cc1nc(CC(=O)c2cncc(Br)c2)sc1C. The second-order valence-corrected chi connectivity index (χ2v) is 5.94. The molecule has 0 aromatic carbocycles. The normalized spacial score (nSPS) is 10.5. The van der Waals surface area contributed by atoms with Crippen molar-refractivity contribution in [1.29, 1.82) is 0 Å². The molecule has 0 saturated heterocycles. The van der Waals surface area contributed by atoms with Gasteiger partial charge >= 0.3 is 0 Å². The average Bonchev–Trinajstić information content (AvgIpc) is 2.58. The fourth-order valence-electron chi connectivity index (χ4n) is 1.42. The Morgan fingerprint density at radius 3 is 2.76 bits per heavy atom. The van der Waals surface area contributed by atoms with Crippen molar-refractivity contribution < 1.29 is 4.79 Å². The number of ketones is 1. The van der Waals surface area contributed by atoms with E-state index in [2.05, 4.69) is 25.9 Å². The van der Waals surface area contributed by atoms with Crippen molar-refractivity contribution in [3.05, 3.63) is 44.1 Å². The molecule has 3 nitrogen and oxygen atoms in total. The number of thiazole rings is 1. The molecule has 0 radical (unpaired) electrons. The van der Waals surface area contributed by atoms with Gasteiger partial charge in [0.1, 0.15) is 5.01 Å². The first kappa shape index (κ1) is 12.4. The molecule has 0 N–H and O–H groups in total. The van der Waals surface area contributed by atoms with E-state index in [0.717, 1.165) is 15.2 Å². The van der Waals surface area contributed by atoms with Gasteiger partial charge in [-0.05, 0) is 35.8 Å². The molecule has 17 heavy (non-hydrogen) atoms. The van der Waals surface area contributed by atoms with Gasteiger partial charge in [-0.3, -0.25) is 9.78 Å². The minimum Gasteiger partial charge on any atom is -0.294 e. The second kappa shape index (κ2) is 5.06. The predicted molar refractivity (Wildman–Crippen MR) is 71.6 cm³/mol. The number of halogens is 1. The lowest BCUT2D eigenvalue weighted by Crippen LogP contribution is -2.03. The molecule has 0 saturated carbocycles. The molecule has 0 unspecified atom stereocenters. The predicted octanol–water partition coefficient (Wildman–Crippen LogP) is 3.34. The number of rotatable bonds is 3. The highest BCUT2D eigenvalue weighted by molar-refractivity contribution is 9.10. The van der Waals surface area contributed by atoms with Crippen molar-refractivity contribution in [3.63, 3.8) is 0 Å². The number of Topliss-reactive ketones (excluding diaryl/α,β-unsaturated/α-hetero) is 1. The summed E-state index contributed by atoms with van der Waals surface area (Å²) in [6, 6.07) is 1.78. The van der Waals surface area contributed by atoms with Crippen LogP contribution in [-0.2, 0) is 6.42 Å². The molecule has 0 fully saturated rings. The molecule has 0 amide bonds. The first-order valence-corrected chi connectivity index (χ1v) is 6.74. The van der Waals surface area contributed by atoms with Crippen LogP contribution in [0.3, 0.4) is 0 Å². The number of carbonyl (C=O) groups excluding carboxylic acids is 1. The first-order valence-electron chi connectivity index (χ1n) is 5.13. The Balaban J connectivity index is 2.17. The number of nitrogens with zero attached hydrogens (tertiary/aromatic N) is 2. The summed E-state index contributed by atoms with van der Waals surface area (Å²) in [5.74, 6) is 0.0487. The topological polar surface area (TPSA) is 42.9 Å². The highest BCUT2D eigenvalue weighted by Crippen LogP contribution is 2.19. The zero-order valence-electron chi connectivity index (χ0n) is 9.53. The van der Waals surface area contributed by atoms with E-state index in [0.29, 0.717) is 12.0 Å². The van der Waals surface area contributed by atoms with Crippen LogP contribution in [0.15, 0.2) is 22.9 Å². The summed E-state index contributed by atoms with van der Waals surface area (Å²) in [5.41, 5.74) is 1.62. The summed E-state index contributed by atoms with van der Waals surface area (Å²) in [5, 5.41) is 0.866. The maximum absolute atomic E-state index is 12.0. The van der Waals surface area contributed by atoms with Crippen LogP contribution in [0.4, 0.5) is 0 Å². The first-order chi connectivity index (χ1) is 8.06. The molecule has 2 aromatic heterocycles. The van der Waals surface area contributed by atoms with Crippen LogP contribution >= 0.6 is 27.3 Å². The zero-order valence-corrected chi connectivity index (χ0v) is 11.9. The van der Waals surface area contributed by atoms with Gasteiger partial charge in [-0.15, -0.1) is 11.3 Å². The van der Waals surface area contributed by atoms with E-state index in [1.807, 2.05) is 13.8 Å². The fourth-order valence-corrected chi connectivity index (χ4v) is 2.72. The monoisotopic (exact) mass is 310 g/mol. The summed E-state index contributed by atoms with van der Waals surface area (Å²) >= 11 is 4.88. The zero-order chi connectivity index (χ0) is 12.4. The maximum Gasteiger partial charge on any atom is 0.171 e. The van der Waals surface area contributed by atoms with Gasteiger partial charge in [0.05, 0.1) is 12.1 Å². The lowest BCUT2D eigenvalue weighted by atomic mass is 10.1. The Labute approximate surface area is 112 Å². The number of aromatic nitrogens is 2. The molecule has 2 aromatic rings. The molecule has 0 aliphatic rings. The van der Waals surface area contributed by atoms with E-state index in [4.69, 9.17) is 0 Å². The Morgan fingerprint density at radius 2 is 2.18 bits per heavy atom.